The van der Waals surface area contributed by atoms with Gasteiger partial charge < -0.3 is 9.64 Å². The summed E-state index contributed by atoms with van der Waals surface area (Å²) in [4.78, 5) is 19.9. The van der Waals surface area contributed by atoms with E-state index in [0.717, 1.165) is 5.56 Å². The standard InChI is InChI=1S/C23H21Cl3N4O2S/c1-4-32-23(31)20-19(14-8-6-5-7-9-14)18(33-22(20)27-13-30(2)3)12-28-29-21-16(25)10-15(24)11-17(21)26/h5-13,29H,4H2,1-3H3/b27-13+,28-12+. The molecule has 172 valence electrons. The number of thiophene rings is 1. The van der Waals surface area contributed by atoms with E-state index in [4.69, 9.17) is 39.5 Å². The first-order valence-electron chi connectivity index (χ1n) is 9.85. The van der Waals surface area contributed by atoms with Crippen molar-refractivity contribution in [3.05, 3.63) is 68.0 Å². The Morgan fingerprint density at radius 1 is 1.15 bits per heavy atom. The van der Waals surface area contributed by atoms with Crippen molar-refractivity contribution in [1.29, 1.82) is 0 Å². The Balaban J connectivity index is 2.11. The number of carbonyl (C=O) groups is 1. The second-order valence-corrected chi connectivity index (χ2v) is 9.21. The maximum absolute atomic E-state index is 12.9. The second kappa shape index (κ2) is 11.5. The largest absolute Gasteiger partial charge is 0.462 e. The van der Waals surface area contributed by atoms with Crippen molar-refractivity contribution in [2.45, 2.75) is 6.92 Å². The molecule has 0 bridgehead atoms. The first-order chi connectivity index (χ1) is 15.8. The number of anilines is 1. The van der Waals surface area contributed by atoms with Crippen LogP contribution >= 0.6 is 46.1 Å². The minimum Gasteiger partial charge on any atom is -0.462 e. The van der Waals surface area contributed by atoms with Gasteiger partial charge in [-0.3, -0.25) is 5.43 Å². The first kappa shape index (κ1) is 25.1. The van der Waals surface area contributed by atoms with Crippen LogP contribution in [0.1, 0.15) is 22.2 Å². The fourth-order valence-electron chi connectivity index (χ4n) is 2.87. The molecular formula is C23H21Cl3N4O2S. The number of ether oxygens (including phenoxy) is 1. The third-order valence-electron chi connectivity index (χ3n) is 4.23. The van der Waals surface area contributed by atoms with Crippen molar-refractivity contribution in [1.82, 2.24) is 4.90 Å². The van der Waals surface area contributed by atoms with E-state index >= 15 is 0 Å². The van der Waals surface area contributed by atoms with Crippen molar-refractivity contribution in [3.63, 3.8) is 0 Å². The maximum atomic E-state index is 12.9. The molecule has 0 saturated carbocycles. The summed E-state index contributed by atoms with van der Waals surface area (Å²) in [5.74, 6) is -0.449. The van der Waals surface area contributed by atoms with Gasteiger partial charge in [-0.05, 0) is 24.6 Å². The highest BCUT2D eigenvalue weighted by Gasteiger charge is 2.25. The average Bonchev–Trinajstić information content (AvgIpc) is 3.13. The molecule has 0 aliphatic carbocycles. The molecule has 0 spiro atoms. The summed E-state index contributed by atoms with van der Waals surface area (Å²) in [5, 5.41) is 5.93. The van der Waals surface area contributed by atoms with Gasteiger partial charge in [0.25, 0.3) is 0 Å². The predicted molar refractivity (Wildman–Crippen MR) is 140 cm³/mol. The van der Waals surface area contributed by atoms with E-state index in [1.54, 1.807) is 36.5 Å². The van der Waals surface area contributed by atoms with Crippen LogP contribution in [0.15, 0.2) is 52.6 Å². The molecule has 33 heavy (non-hydrogen) atoms. The van der Waals surface area contributed by atoms with Gasteiger partial charge in [0.1, 0.15) is 10.6 Å². The van der Waals surface area contributed by atoms with Crippen LogP contribution < -0.4 is 5.43 Å². The molecule has 3 aromatic rings. The molecular weight excluding hydrogens is 503 g/mol. The molecule has 0 fully saturated rings. The second-order valence-electron chi connectivity index (χ2n) is 6.93. The molecule has 0 saturated heterocycles. The Hall–Kier alpha value is -2.58. The number of esters is 1. The third kappa shape index (κ3) is 6.26. The van der Waals surface area contributed by atoms with Crippen LogP contribution in [0, 0.1) is 0 Å². The van der Waals surface area contributed by atoms with Crippen molar-refractivity contribution < 1.29 is 9.53 Å². The lowest BCUT2D eigenvalue weighted by Crippen LogP contribution is -2.08. The van der Waals surface area contributed by atoms with E-state index < -0.39 is 5.97 Å². The summed E-state index contributed by atoms with van der Waals surface area (Å²) >= 11 is 19.8. The normalized spacial score (nSPS) is 11.3. The van der Waals surface area contributed by atoms with Gasteiger partial charge in [-0.1, -0.05) is 65.1 Å². The van der Waals surface area contributed by atoms with E-state index in [-0.39, 0.29) is 6.61 Å². The van der Waals surface area contributed by atoms with Crippen molar-refractivity contribution in [2.24, 2.45) is 10.1 Å². The van der Waals surface area contributed by atoms with Crippen LogP contribution in [0.4, 0.5) is 10.7 Å². The monoisotopic (exact) mass is 522 g/mol. The molecule has 3 rings (SSSR count). The van der Waals surface area contributed by atoms with Crippen LogP contribution in [-0.4, -0.2) is 44.1 Å². The van der Waals surface area contributed by atoms with Gasteiger partial charge in [0.2, 0.25) is 0 Å². The summed E-state index contributed by atoms with van der Waals surface area (Å²) in [6, 6.07) is 12.7. The van der Waals surface area contributed by atoms with Gasteiger partial charge in [0, 0.05) is 24.7 Å². The van der Waals surface area contributed by atoms with Gasteiger partial charge in [0.15, 0.2) is 0 Å². The van der Waals surface area contributed by atoms with Crippen molar-refractivity contribution in [2.75, 3.05) is 26.1 Å². The van der Waals surface area contributed by atoms with Crippen LogP contribution in [0.5, 0.6) is 0 Å². The first-order valence-corrected chi connectivity index (χ1v) is 11.8. The average molecular weight is 524 g/mol. The number of halogens is 3. The molecule has 0 aliphatic heterocycles. The van der Waals surface area contributed by atoms with Crippen LogP contribution in [-0.2, 0) is 4.74 Å². The molecule has 0 aliphatic rings. The van der Waals surface area contributed by atoms with E-state index in [1.807, 2.05) is 44.4 Å². The number of nitrogens with one attached hydrogen (secondary N) is 1. The number of hydrogen-bond acceptors (Lipinski definition) is 6. The maximum Gasteiger partial charge on any atom is 0.341 e. The summed E-state index contributed by atoms with van der Waals surface area (Å²) in [6.45, 7) is 2.01. The molecule has 0 atom stereocenters. The van der Waals surface area contributed by atoms with Crippen molar-refractivity contribution >= 4 is 75.4 Å². The molecule has 1 N–H and O–H groups in total. The van der Waals surface area contributed by atoms with E-state index in [9.17, 15) is 4.79 Å². The molecule has 0 radical (unpaired) electrons. The van der Waals surface area contributed by atoms with E-state index in [2.05, 4.69) is 15.5 Å². The Morgan fingerprint density at radius 3 is 2.42 bits per heavy atom. The topological polar surface area (TPSA) is 66.3 Å². The van der Waals surface area contributed by atoms with Crippen LogP contribution in [0.2, 0.25) is 15.1 Å². The number of nitrogens with zero attached hydrogens (tertiary/aromatic N) is 3. The number of rotatable bonds is 8. The lowest BCUT2D eigenvalue weighted by Gasteiger charge is -2.08. The highest BCUT2D eigenvalue weighted by atomic mass is 35.5. The van der Waals surface area contributed by atoms with Crippen molar-refractivity contribution in [3.8, 4) is 11.1 Å². The fourth-order valence-corrected chi connectivity index (χ4v) is 4.80. The number of carbonyl (C=O) groups excluding carboxylic acids is 1. The smallest absolute Gasteiger partial charge is 0.341 e. The number of aliphatic imine (C=N–C) groups is 1. The summed E-state index contributed by atoms with van der Waals surface area (Å²) in [6.07, 6.45) is 3.24. The molecule has 0 unspecified atom stereocenters. The Bertz CT molecular complexity index is 1170. The minimum atomic E-state index is -0.449. The summed E-state index contributed by atoms with van der Waals surface area (Å²) in [7, 11) is 3.70. The molecule has 2 aromatic carbocycles. The molecule has 10 heteroatoms. The van der Waals surface area contributed by atoms with Gasteiger partial charge in [-0.15, -0.1) is 11.3 Å². The van der Waals surface area contributed by atoms with Gasteiger partial charge >= 0.3 is 5.97 Å². The zero-order valence-electron chi connectivity index (χ0n) is 18.1. The highest BCUT2D eigenvalue weighted by Crippen LogP contribution is 2.42. The molecule has 1 heterocycles. The quantitative estimate of drug-likeness (QED) is 0.146. The SMILES string of the molecule is CCOC(=O)c1c(/N=C/N(C)C)sc(/C=N/Nc2c(Cl)cc(Cl)cc2Cl)c1-c1ccccc1. The Morgan fingerprint density at radius 2 is 1.82 bits per heavy atom. The lowest BCUT2D eigenvalue weighted by atomic mass is 10.0. The van der Waals surface area contributed by atoms with Crippen LogP contribution in [0.25, 0.3) is 11.1 Å². The van der Waals surface area contributed by atoms with Gasteiger partial charge in [-0.2, -0.15) is 5.10 Å². The minimum absolute atomic E-state index is 0.248. The molecule has 6 nitrogen and oxygen atoms in total. The number of benzene rings is 2. The Kier molecular flexibility index (Phi) is 8.74. The molecule has 1 aromatic heterocycles. The highest BCUT2D eigenvalue weighted by molar-refractivity contribution is 7.18. The summed E-state index contributed by atoms with van der Waals surface area (Å²) < 4.78 is 5.34. The number of hydrogen-bond donors (Lipinski definition) is 1. The zero-order valence-corrected chi connectivity index (χ0v) is 21.2. The predicted octanol–water partition coefficient (Wildman–Crippen LogP) is 7.22. The lowest BCUT2D eigenvalue weighted by molar-refractivity contribution is 0.0529. The zero-order chi connectivity index (χ0) is 24.0. The van der Waals surface area contributed by atoms with Crippen LogP contribution in [0.3, 0.4) is 0 Å². The van der Waals surface area contributed by atoms with E-state index in [0.29, 0.717) is 41.8 Å². The molecule has 0 amide bonds. The van der Waals surface area contributed by atoms with Gasteiger partial charge in [0.05, 0.1) is 39.8 Å². The third-order valence-corrected chi connectivity index (χ3v) is 6.08. The fraction of sp³-hybridized carbons (Fsp3) is 0.174. The summed E-state index contributed by atoms with van der Waals surface area (Å²) in [5.41, 5.74) is 5.19. The van der Waals surface area contributed by atoms with E-state index in [1.165, 1.54) is 11.3 Å². The van der Waals surface area contributed by atoms with Gasteiger partial charge in [-0.25, -0.2) is 9.79 Å². The Labute approximate surface area is 211 Å². The number of hydrazone groups is 1.